The number of halogens is 1. The Morgan fingerprint density at radius 2 is 1.80 bits per heavy atom. The maximum absolute atomic E-state index is 15.0. The van der Waals surface area contributed by atoms with Gasteiger partial charge in [-0.3, -0.25) is 28.0 Å². The maximum Gasteiger partial charge on any atom is 0.386 e. The number of nitrogen functional groups attached to an aromatic ring is 2. The summed E-state index contributed by atoms with van der Waals surface area (Å²) in [5.74, 6) is -0.132. The number of nitrogens with two attached hydrogens (primary N) is 2. The molecule has 244 valence electrons. The summed E-state index contributed by atoms with van der Waals surface area (Å²) in [7, 11) is 0. The van der Waals surface area contributed by atoms with Crippen molar-refractivity contribution in [3.63, 3.8) is 0 Å². The van der Waals surface area contributed by atoms with Gasteiger partial charge in [0.15, 0.2) is 35.1 Å². The van der Waals surface area contributed by atoms with Crippen molar-refractivity contribution in [1.29, 1.82) is 0 Å². The molecule has 1 unspecified atom stereocenters. The number of alkyl halides is 1. The number of nitrogens with one attached hydrogen (secondary N) is 1. The van der Waals surface area contributed by atoms with Gasteiger partial charge >= 0.3 is 13.5 Å². The summed E-state index contributed by atoms with van der Waals surface area (Å²) in [6, 6.07) is 0. The number of aliphatic hydroxyl groups is 1. The molecule has 2 saturated heterocycles. The maximum atomic E-state index is 15.0. The molecule has 0 aliphatic carbocycles. The normalized spacial score (nSPS) is 28.7. The van der Waals surface area contributed by atoms with Gasteiger partial charge in [0.25, 0.3) is 5.56 Å². The summed E-state index contributed by atoms with van der Waals surface area (Å²) < 4.78 is 58.3. The highest BCUT2D eigenvalue weighted by atomic mass is 32.7. The lowest BCUT2D eigenvalue weighted by atomic mass is 10.1. The van der Waals surface area contributed by atoms with Gasteiger partial charge in [-0.1, -0.05) is 12.2 Å². The molecule has 0 amide bonds. The number of aromatic amines is 1. The average Bonchev–Trinajstić information content (AvgIpc) is 3.72. The molecule has 2 fully saturated rings. The van der Waals surface area contributed by atoms with Crippen LogP contribution in [0.1, 0.15) is 18.9 Å². The third-order valence-corrected chi connectivity index (χ3v) is 9.33. The third kappa shape index (κ3) is 6.62. The first-order chi connectivity index (χ1) is 21.2. The quantitative estimate of drug-likeness (QED) is 0.0819. The predicted octanol–water partition coefficient (Wildman–Crippen LogP) is -0.327. The van der Waals surface area contributed by atoms with E-state index in [4.69, 9.17) is 34.5 Å². The largest absolute Gasteiger partial charge is 0.386 e. The zero-order valence-corrected chi connectivity index (χ0v) is 26.0. The Balaban J connectivity index is 1.16. The molecule has 0 spiro atoms. The Kier molecular flexibility index (Phi) is 8.73. The summed E-state index contributed by atoms with van der Waals surface area (Å²) >= 11 is 8.49. The van der Waals surface area contributed by atoms with Crippen LogP contribution in [0.5, 0.6) is 0 Å². The van der Waals surface area contributed by atoms with Crippen LogP contribution in [0, 0.1) is 0 Å². The Bertz CT molecular complexity index is 1890. The van der Waals surface area contributed by atoms with Crippen LogP contribution < -0.4 is 17.0 Å². The first kappa shape index (κ1) is 32.3. The second-order valence-electron chi connectivity index (χ2n) is 9.93. The van der Waals surface area contributed by atoms with E-state index < -0.39 is 75.3 Å². The van der Waals surface area contributed by atoms with Crippen molar-refractivity contribution in [3.8, 4) is 0 Å². The van der Waals surface area contributed by atoms with Crippen LogP contribution in [0.15, 0.2) is 23.8 Å². The zero-order valence-electron chi connectivity index (χ0n) is 22.5. The van der Waals surface area contributed by atoms with Gasteiger partial charge in [-0.25, -0.2) is 28.9 Å². The fourth-order valence-electron chi connectivity index (χ4n) is 4.98. The number of ether oxygens (including phenoxy) is 2. The van der Waals surface area contributed by atoms with E-state index in [0.717, 1.165) is 6.33 Å². The van der Waals surface area contributed by atoms with E-state index in [2.05, 4.69) is 54.0 Å². The van der Waals surface area contributed by atoms with Gasteiger partial charge in [0.1, 0.15) is 36.3 Å². The number of aromatic nitrogens is 8. The fraction of sp³-hybridized carbons (Fsp3) is 0.500. The number of anilines is 2. The van der Waals surface area contributed by atoms with Crippen LogP contribution in [0.2, 0.25) is 0 Å². The molecule has 2 aliphatic rings. The molecule has 20 nitrogen and oxygen atoms in total. The van der Waals surface area contributed by atoms with Gasteiger partial charge in [-0.05, 0) is 11.8 Å². The number of H-pyrrole nitrogens is 1. The van der Waals surface area contributed by atoms with Gasteiger partial charge < -0.3 is 40.4 Å². The summed E-state index contributed by atoms with van der Waals surface area (Å²) in [6.07, 6.45) is -6.00. The highest BCUT2D eigenvalue weighted by Gasteiger charge is 2.50. The molecule has 25 heteroatoms. The van der Waals surface area contributed by atoms with Gasteiger partial charge in [0.05, 0.1) is 32.0 Å². The van der Waals surface area contributed by atoms with Crippen molar-refractivity contribution in [2.24, 2.45) is 0 Å². The van der Waals surface area contributed by atoms with Gasteiger partial charge in [-0.15, -0.1) is 0 Å². The van der Waals surface area contributed by atoms with Crippen LogP contribution in [0.4, 0.5) is 16.2 Å². The van der Waals surface area contributed by atoms with Crippen LogP contribution >= 0.6 is 25.8 Å². The van der Waals surface area contributed by atoms with Crippen molar-refractivity contribution >= 4 is 71.7 Å². The number of nitrogens with zero attached hydrogens (tertiary/aromatic N) is 7. The number of hydrogen-bond donors (Lipinski definition) is 7. The highest BCUT2D eigenvalue weighted by molar-refractivity contribution is 8.44. The van der Waals surface area contributed by atoms with E-state index in [0.29, 0.717) is 0 Å². The molecule has 8 atom stereocenters. The Morgan fingerprint density at radius 3 is 2.53 bits per heavy atom. The molecule has 6 rings (SSSR count). The Labute approximate surface area is 260 Å². The number of aliphatic hydroxyl groups excluding tert-OH is 1. The minimum Gasteiger partial charge on any atom is -0.386 e. The van der Waals surface area contributed by atoms with Crippen LogP contribution in [-0.2, 0) is 39.4 Å². The monoisotopic (exact) mass is 710 g/mol. The molecular formula is C20H25FN10O10P2S2. The molecule has 4 aromatic heterocycles. The highest BCUT2D eigenvalue weighted by Crippen LogP contribution is 2.57. The molecule has 8 N–H and O–H groups in total. The lowest BCUT2D eigenvalue weighted by Gasteiger charge is -2.25. The second kappa shape index (κ2) is 12.2. The summed E-state index contributed by atoms with van der Waals surface area (Å²) in [5, 5.41) is 11.2. The molecule has 0 saturated carbocycles. The zero-order chi connectivity index (χ0) is 32.3. The molecule has 6 heterocycles. The first-order valence-electron chi connectivity index (χ1n) is 12.8. The van der Waals surface area contributed by atoms with E-state index in [-0.39, 0.29) is 40.5 Å². The molecule has 4 aromatic rings. The van der Waals surface area contributed by atoms with Gasteiger partial charge in [-0.2, -0.15) is 4.98 Å². The average molecular weight is 711 g/mol. The summed E-state index contributed by atoms with van der Waals surface area (Å²) in [4.78, 5) is 53.7. The SMILES string of the molecule is Nc1nc2c(ncn2[C@@H]2O[C@H](COP(O)(O)=S)[C@@H](OP(=O)(S)OC[C@@H]3C[C@@H](F)[C@H](n4cnc5c(N)ncnc54)O3)[C@H]2O)c(=O)[nH]1. The van der Waals surface area contributed by atoms with Crippen LogP contribution in [0.3, 0.4) is 0 Å². The molecular weight excluding hydrogens is 685 g/mol. The topological polar surface area (TPSA) is 283 Å². The number of thiol groups is 1. The number of imidazole rings is 2. The van der Waals surface area contributed by atoms with Crippen molar-refractivity contribution in [2.75, 3.05) is 24.7 Å². The fourth-order valence-corrected chi connectivity index (χ4v) is 7.02. The lowest BCUT2D eigenvalue weighted by molar-refractivity contribution is -0.0487. The number of rotatable bonds is 10. The van der Waals surface area contributed by atoms with E-state index in [1.807, 2.05) is 0 Å². The number of fused-ring (bicyclic) bond motifs is 2. The minimum absolute atomic E-state index is 0.0612. The molecule has 2 aliphatic heterocycles. The van der Waals surface area contributed by atoms with Crippen molar-refractivity contribution in [1.82, 2.24) is 39.0 Å². The van der Waals surface area contributed by atoms with Crippen molar-refractivity contribution in [3.05, 3.63) is 29.3 Å². The lowest BCUT2D eigenvalue weighted by Crippen LogP contribution is -2.35. The molecule has 0 aromatic carbocycles. The molecule has 45 heavy (non-hydrogen) atoms. The van der Waals surface area contributed by atoms with Crippen molar-refractivity contribution < 1.29 is 46.9 Å². The van der Waals surface area contributed by atoms with Gasteiger partial charge in [0.2, 0.25) is 5.95 Å². The Morgan fingerprint density at radius 1 is 1.09 bits per heavy atom. The first-order valence-corrected chi connectivity index (χ1v) is 18.2. The Hall–Kier alpha value is -2.66. The van der Waals surface area contributed by atoms with E-state index in [9.17, 15) is 24.3 Å². The van der Waals surface area contributed by atoms with Crippen LogP contribution in [-0.4, -0.2) is 97.7 Å². The van der Waals surface area contributed by atoms with E-state index in [1.165, 1.54) is 21.8 Å². The minimum atomic E-state index is -4.36. The second-order valence-corrected chi connectivity index (χ2v) is 15.5. The smallest absolute Gasteiger partial charge is 0.386 e. The van der Waals surface area contributed by atoms with E-state index in [1.54, 1.807) is 0 Å². The van der Waals surface area contributed by atoms with Crippen molar-refractivity contribution in [2.45, 2.75) is 49.5 Å². The summed E-state index contributed by atoms with van der Waals surface area (Å²) in [5.41, 5.74) is 11.1. The van der Waals surface area contributed by atoms with Gasteiger partial charge in [0, 0.05) is 6.42 Å². The van der Waals surface area contributed by atoms with Crippen LogP contribution in [0.25, 0.3) is 22.3 Å². The van der Waals surface area contributed by atoms with E-state index >= 15 is 4.39 Å². The summed E-state index contributed by atoms with van der Waals surface area (Å²) in [6.45, 7) is -9.64. The third-order valence-electron chi connectivity index (χ3n) is 6.91. The molecule has 0 bridgehead atoms. The molecule has 0 radical (unpaired) electrons. The number of hydrogen-bond acceptors (Lipinski definition) is 16. The predicted molar refractivity (Wildman–Crippen MR) is 158 cm³/mol. The standard InChI is InChI=1S/C20H25FN10O10P2S2/c21-8-1-7(39-18(8)30-5-26-10-14(22)24-4-25-15(10)30)2-38-43(36,45)41-13-9(3-37-42(34,35)44)40-19(12(13)32)31-6-27-11-16(31)28-20(23)29-17(11)33/h4-9,12-13,18-19,32H,1-3H2,(H,36,45)(H2,22,24,25)(H2,34,35,44)(H3,23,28,29,33)/t7-,8+,9+,12+,13+,18+,19+,43?/m0/s1.